The van der Waals surface area contributed by atoms with E-state index in [9.17, 15) is 0 Å². The fourth-order valence-electron chi connectivity index (χ4n) is 1.74. The summed E-state index contributed by atoms with van der Waals surface area (Å²) in [6.45, 7) is 4.11. The maximum Gasteiger partial charge on any atom is 0.231 e. The number of aliphatic hydroxyl groups excluding tert-OH is 1. The van der Waals surface area contributed by atoms with E-state index < -0.39 is 0 Å². The van der Waals surface area contributed by atoms with E-state index in [2.05, 4.69) is 18.3 Å². The fraction of sp³-hybridized carbons (Fsp3) is 0.500. The zero-order valence-electron chi connectivity index (χ0n) is 9.40. The largest absolute Gasteiger partial charge is 0.454 e. The van der Waals surface area contributed by atoms with Gasteiger partial charge in [-0.2, -0.15) is 0 Å². The zero-order valence-corrected chi connectivity index (χ0v) is 9.40. The molecular weight excluding hydrogens is 206 g/mol. The summed E-state index contributed by atoms with van der Waals surface area (Å²) in [6.07, 6.45) is 0. The first-order valence-corrected chi connectivity index (χ1v) is 5.52. The van der Waals surface area contributed by atoms with Crippen molar-refractivity contribution in [2.75, 3.05) is 26.5 Å². The van der Waals surface area contributed by atoms with Crippen molar-refractivity contribution in [3.63, 3.8) is 0 Å². The van der Waals surface area contributed by atoms with Gasteiger partial charge in [-0.3, -0.25) is 0 Å². The van der Waals surface area contributed by atoms with Crippen LogP contribution in [0.1, 0.15) is 18.4 Å². The van der Waals surface area contributed by atoms with Crippen LogP contribution in [-0.2, 0) is 0 Å². The number of rotatable bonds is 5. The molecule has 0 radical (unpaired) electrons. The molecule has 1 unspecified atom stereocenters. The Morgan fingerprint density at radius 3 is 3.00 bits per heavy atom. The van der Waals surface area contributed by atoms with Gasteiger partial charge in [-0.1, -0.05) is 13.0 Å². The third-order valence-corrected chi connectivity index (χ3v) is 2.70. The SMILES string of the molecule is CC(CNCCO)c1ccc2c(c1)OCO2. The van der Waals surface area contributed by atoms with Gasteiger partial charge in [0.15, 0.2) is 11.5 Å². The van der Waals surface area contributed by atoms with Crippen molar-refractivity contribution in [2.45, 2.75) is 12.8 Å². The van der Waals surface area contributed by atoms with E-state index in [1.54, 1.807) is 0 Å². The molecule has 0 amide bonds. The molecular formula is C12H17NO3. The number of ether oxygens (including phenoxy) is 2. The van der Waals surface area contributed by atoms with E-state index in [-0.39, 0.29) is 6.61 Å². The number of hydrogen-bond acceptors (Lipinski definition) is 4. The topological polar surface area (TPSA) is 50.7 Å². The second kappa shape index (κ2) is 5.18. The van der Waals surface area contributed by atoms with Crippen molar-refractivity contribution in [3.8, 4) is 11.5 Å². The Balaban J connectivity index is 1.98. The molecule has 1 aromatic rings. The van der Waals surface area contributed by atoms with Crippen LogP contribution in [0, 0.1) is 0 Å². The molecule has 0 spiro atoms. The summed E-state index contributed by atoms with van der Waals surface area (Å²) in [6, 6.07) is 6.02. The van der Waals surface area contributed by atoms with E-state index >= 15 is 0 Å². The van der Waals surface area contributed by atoms with Crippen LogP contribution in [0.15, 0.2) is 18.2 Å². The average molecular weight is 223 g/mol. The number of nitrogens with one attached hydrogen (secondary N) is 1. The smallest absolute Gasteiger partial charge is 0.231 e. The monoisotopic (exact) mass is 223 g/mol. The predicted molar refractivity (Wildman–Crippen MR) is 60.9 cm³/mol. The Labute approximate surface area is 95.2 Å². The van der Waals surface area contributed by atoms with Crippen molar-refractivity contribution in [3.05, 3.63) is 23.8 Å². The van der Waals surface area contributed by atoms with Gasteiger partial charge in [-0.15, -0.1) is 0 Å². The van der Waals surface area contributed by atoms with Crippen LogP contribution in [0.5, 0.6) is 11.5 Å². The number of hydrogen-bond donors (Lipinski definition) is 2. The van der Waals surface area contributed by atoms with Gasteiger partial charge in [0, 0.05) is 13.1 Å². The normalized spacial score (nSPS) is 15.1. The van der Waals surface area contributed by atoms with Crippen LogP contribution in [0.3, 0.4) is 0 Å². The summed E-state index contributed by atoms with van der Waals surface area (Å²) < 4.78 is 10.6. The standard InChI is InChI=1S/C12H17NO3/c1-9(7-13-4-5-14)10-2-3-11-12(6-10)16-8-15-11/h2-3,6,9,13-14H,4-5,7-8H2,1H3. The summed E-state index contributed by atoms with van der Waals surface area (Å²) >= 11 is 0. The molecule has 0 aromatic heterocycles. The summed E-state index contributed by atoms with van der Waals surface area (Å²) in [4.78, 5) is 0. The minimum atomic E-state index is 0.174. The highest BCUT2D eigenvalue weighted by molar-refractivity contribution is 5.45. The van der Waals surface area contributed by atoms with Crippen molar-refractivity contribution < 1.29 is 14.6 Å². The molecule has 0 fully saturated rings. The predicted octanol–water partition coefficient (Wildman–Crippen LogP) is 1.10. The van der Waals surface area contributed by atoms with Crippen LogP contribution in [0.2, 0.25) is 0 Å². The van der Waals surface area contributed by atoms with E-state index in [0.29, 0.717) is 19.3 Å². The van der Waals surface area contributed by atoms with Crippen LogP contribution in [0.4, 0.5) is 0 Å². The molecule has 4 nitrogen and oxygen atoms in total. The maximum atomic E-state index is 8.68. The second-order valence-corrected chi connectivity index (χ2v) is 3.94. The maximum absolute atomic E-state index is 8.68. The summed E-state index contributed by atoms with van der Waals surface area (Å²) in [5, 5.41) is 11.9. The molecule has 1 aliphatic heterocycles. The van der Waals surface area contributed by atoms with Gasteiger partial charge in [-0.25, -0.2) is 0 Å². The third kappa shape index (κ3) is 2.46. The molecule has 1 heterocycles. The van der Waals surface area contributed by atoms with Gasteiger partial charge in [0.1, 0.15) is 0 Å². The van der Waals surface area contributed by atoms with Crippen molar-refractivity contribution in [1.29, 1.82) is 0 Å². The summed E-state index contributed by atoms with van der Waals surface area (Å²) in [7, 11) is 0. The molecule has 4 heteroatoms. The lowest BCUT2D eigenvalue weighted by molar-refractivity contribution is 0.174. The Morgan fingerprint density at radius 1 is 1.38 bits per heavy atom. The van der Waals surface area contributed by atoms with Gasteiger partial charge in [0.05, 0.1) is 6.61 Å². The Hall–Kier alpha value is -1.26. The molecule has 2 N–H and O–H groups in total. The number of aliphatic hydroxyl groups is 1. The van der Waals surface area contributed by atoms with Gasteiger partial charge >= 0.3 is 0 Å². The first-order valence-electron chi connectivity index (χ1n) is 5.52. The number of benzene rings is 1. The van der Waals surface area contributed by atoms with Gasteiger partial charge < -0.3 is 19.9 Å². The Kier molecular flexibility index (Phi) is 3.64. The van der Waals surface area contributed by atoms with Crippen molar-refractivity contribution in [1.82, 2.24) is 5.32 Å². The molecule has 0 saturated heterocycles. The van der Waals surface area contributed by atoms with Crippen LogP contribution < -0.4 is 14.8 Å². The molecule has 0 aliphatic carbocycles. The van der Waals surface area contributed by atoms with Gasteiger partial charge in [0.2, 0.25) is 6.79 Å². The molecule has 16 heavy (non-hydrogen) atoms. The zero-order chi connectivity index (χ0) is 11.4. The van der Waals surface area contributed by atoms with E-state index in [4.69, 9.17) is 14.6 Å². The van der Waals surface area contributed by atoms with Crippen LogP contribution in [-0.4, -0.2) is 31.6 Å². The quantitative estimate of drug-likeness (QED) is 0.734. The second-order valence-electron chi connectivity index (χ2n) is 3.94. The first-order chi connectivity index (χ1) is 7.81. The van der Waals surface area contributed by atoms with Gasteiger partial charge in [0.25, 0.3) is 0 Å². The average Bonchev–Trinajstić information content (AvgIpc) is 2.76. The first kappa shape index (κ1) is 11.2. The molecule has 1 aliphatic rings. The molecule has 2 rings (SSSR count). The third-order valence-electron chi connectivity index (χ3n) is 2.70. The highest BCUT2D eigenvalue weighted by atomic mass is 16.7. The molecule has 1 atom stereocenters. The van der Waals surface area contributed by atoms with Crippen molar-refractivity contribution >= 4 is 0 Å². The van der Waals surface area contributed by atoms with E-state index in [0.717, 1.165) is 18.0 Å². The minimum absolute atomic E-state index is 0.174. The highest BCUT2D eigenvalue weighted by Crippen LogP contribution is 2.34. The van der Waals surface area contributed by atoms with E-state index in [1.165, 1.54) is 5.56 Å². The Bertz CT molecular complexity index is 354. The summed E-state index contributed by atoms with van der Waals surface area (Å²) in [5.74, 6) is 2.03. The molecule has 0 bridgehead atoms. The fourth-order valence-corrected chi connectivity index (χ4v) is 1.74. The Morgan fingerprint density at radius 2 is 2.19 bits per heavy atom. The lowest BCUT2D eigenvalue weighted by Gasteiger charge is -2.13. The van der Waals surface area contributed by atoms with E-state index in [1.807, 2.05) is 12.1 Å². The molecule has 0 saturated carbocycles. The minimum Gasteiger partial charge on any atom is -0.454 e. The lowest BCUT2D eigenvalue weighted by atomic mass is 10.0. The van der Waals surface area contributed by atoms with Crippen molar-refractivity contribution in [2.24, 2.45) is 0 Å². The summed E-state index contributed by atoms with van der Waals surface area (Å²) in [5.41, 5.74) is 1.22. The van der Waals surface area contributed by atoms with Gasteiger partial charge in [-0.05, 0) is 23.6 Å². The number of fused-ring (bicyclic) bond motifs is 1. The highest BCUT2D eigenvalue weighted by Gasteiger charge is 2.15. The van der Waals surface area contributed by atoms with Crippen LogP contribution in [0.25, 0.3) is 0 Å². The lowest BCUT2D eigenvalue weighted by Crippen LogP contribution is -2.23. The molecule has 88 valence electrons. The van der Waals surface area contributed by atoms with Crippen LogP contribution >= 0.6 is 0 Å². The molecule has 1 aromatic carbocycles.